The Morgan fingerprint density at radius 1 is 0.971 bits per heavy atom. The van der Waals surface area contributed by atoms with Crippen LogP contribution in [0.2, 0.25) is 5.02 Å². The summed E-state index contributed by atoms with van der Waals surface area (Å²) in [5.41, 5.74) is 0.970. The normalized spacial score (nSPS) is 10.7. The molecule has 2 N–H and O–H groups in total. The van der Waals surface area contributed by atoms with Gasteiger partial charge in [-0.2, -0.15) is 0 Å². The number of methoxy groups -OCH3 is 1. The van der Waals surface area contributed by atoms with E-state index in [0.717, 1.165) is 15.7 Å². The Labute approximate surface area is 202 Å². The lowest BCUT2D eigenvalue weighted by atomic mass is 10.2. The first-order valence-corrected chi connectivity index (χ1v) is 11.1. The van der Waals surface area contributed by atoms with Gasteiger partial charge in [-0.25, -0.2) is 14.2 Å². The molecule has 2 amide bonds. The topological polar surface area (TPSA) is 119 Å². The molecule has 34 heavy (non-hydrogen) atoms. The maximum Gasteiger partial charge on any atom is 0.337 e. The predicted octanol–water partition coefficient (Wildman–Crippen LogP) is 4.01. The van der Waals surface area contributed by atoms with Crippen LogP contribution in [0.4, 0.5) is 11.4 Å². The van der Waals surface area contributed by atoms with Gasteiger partial charge >= 0.3 is 5.97 Å². The van der Waals surface area contributed by atoms with Crippen molar-refractivity contribution in [1.29, 1.82) is 0 Å². The van der Waals surface area contributed by atoms with Crippen molar-refractivity contribution in [2.45, 2.75) is 6.92 Å². The van der Waals surface area contributed by atoms with Crippen LogP contribution in [-0.2, 0) is 4.74 Å². The fourth-order valence-electron chi connectivity index (χ4n) is 3.16. The maximum absolute atomic E-state index is 13.2. The molecule has 0 saturated carbocycles. The van der Waals surface area contributed by atoms with Crippen LogP contribution in [0.1, 0.15) is 36.2 Å². The summed E-state index contributed by atoms with van der Waals surface area (Å²) in [5.74, 6) is -1.78. The fourth-order valence-corrected chi connectivity index (χ4v) is 4.36. The highest BCUT2D eigenvalue weighted by molar-refractivity contribution is 7.19. The number of amides is 2. The second-order valence-corrected chi connectivity index (χ2v) is 8.53. The van der Waals surface area contributed by atoms with E-state index in [1.807, 2.05) is 0 Å². The molecule has 4 rings (SSSR count). The monoisotopic (exact) mass is 496 g/mol. The van der Waals surface area contributed by atoms with E-state index in [9.17, 15) is 19.2 Å². The van der Waals surface area contributed by atoms with Gasteiger partial charge in [0.05, 0.1) is 12.7 Å². The number of hydrogen-bond acceptors (Lipinski definition) is 7. The Bertz CT molecular complexity index is 1480. The van der Waals surface area contributed by atoms with Gasteiger partial charge in [0.15, 0.2) is 4.96 Å². The number of fused-ring (bicyclic) bond motifs is 1. The number of esters is 1. The molecule has 0 spiro atoms. The van der Waals surface area contributed by atoms with Crippen LogP contribution in [0.3, 0.4) is 0 Å². The Balaban J connectivity index is 1.72. The third-order valence-electron chi connectivity index (χ3n) is 4.74. The van der Waals surface area contributed by atoms with Gasteiger partial charge in [-0.3, -0.25) is 14.4 Å². The number of benzene rings is 2. The minimum atomic E-state index is -0.660. The summed E-state index contributed by atoms with van der Waals surface area (Å²) in [5, 5.41) is 5.86. The SMILES string of the molecule is COC(=O)c1ccc(NC(=O)c2sc3nc(C)cc(=O)n3c2C(=O)Nc2ccc(Cl)cc2)cc1. The predicted molar refractivity (Wildman–Crippen MR) is 129 cm³/mol. The third-order valence-corrected chi connectivity index (χ3v) is 6.03. The summed E-state index contributed by atoms with van der Waals surface area (Å²) in [6, 6.07) is 13.7. The Hall–Kier alpha value is -4.02. The molecule has 4 aromatic rings. The van der Waals surface area contributed by atoms with Crippen molar-refractivity contribution in [3.63, 3.8) is 0 Å². The van der Waals surface area contributed by atoms with Crippen molar-refractivity contribution in [3.05, 3.63) is 91.8 Å². The van der Waals surface area contributed by atoms with Crippen molar-refractivity contribution in [2.24, 2.45) is 0 Å². The van der Waals surface area contributed by atoms with Gasteiger partial charge in [0.2, 0.25) is 0 Å². The van der Waals surface area contributed by atoms with Crippen LogP contribution in [-0.4, -0.2) is 34.3 Å². The molecule has 0 radical (unpaired) electrons. The van der Waals surface area contributed by atoms with Crippen molar-refractivity contribution < 1.29 is 19.1 Å². The first kappa shape index (κ1) is 23.1. The first-order valence-electron chi connectivity index (χ1n) is 9.86. The summed E-state index contributed by atoms with van der Waals surface area (Å²) in [6.45, 7) is 1.65. The van der Waals surface area contributed by atoms with E-state index in [2.05, 4.69) is 20.4 Å². The quantitative estimate of drug-likeness (QED) is 0.403. The number of thiazole rings is 1. The largest absolute Gasteiger partial charge is 0.465 e. The van der Waals surface area contributed by atoms with E-state index in [1.165, 1.54) is 37.4 Å². The van der Waals surface area contributed by atoms with Crippen LogP contribution in [0, 0.1) is 6.92 Å². The molecule has 2 aromatic carbocycles. The van der Waals surface area contributed by atoms with E-state index < -0.39 is 23.3 Å². The third kappa shape index (κ3) is 4.68. The number of aryl methyl sites for hydroxylation is 1. The van der Waals surface area contributed by atoms with E-state index in [4.69, 9.17) is 11.6 Å². The second kappa shape index (κ2) is 9.46. The number of carbonyl (C=O) groups is 3. The standard InChI is InChI=1S/C23H17ClN4O5S/c1-12-11-17(29)28-18(20(30)26-16-9-5-14(24)6-10-16)19(34-23(28)25-12)21(31)27-15-7-3-13(4-8-15)22(32)33-2/h3-11H,1-2H3,(H,26,30)(H,27,31). The molecule has 0 atom stereocenters. The van der Waals surface area contributed by atoms with E-state index >= 15 is 0 Å². The van der Waals surface area contributed by atoms with Crippen LogP contribution in [0.15, 0.2) is 59.4 Å². The number of aromatic nitrogens is 2. The van der Waals surface area contributed by atoms with Crippen molar-refractivity contribution >= 4 is 57.1 Å². The lowest BCUT2D eigenvalue weighted by Crippen LogP contribution is -2.25. The molecular formula is C23H17ClN4O5S. The average Bonchev–Trinajstić information content (AvgIpc) is 3.20. The molecule has 0 aliphatic carbocycles. The van der Waals surface area contributed by atoms with Gasteiger partial charge in [-0.05, 0) is 55.5 Å². The first-order chi connectivity index (χ1) is 16.3. The van der Waals surface area contributed by atoms with Gasteiger partial charge in [0, 0.05) is 28.2 Å². The van der Waals surface area contributed by atoms with E-state index in [-0.39, 0.29) is 15.5 Å². The summed E-state index contributed by atoms with van der Waals surface area (Å²) >= 11 is 6.81. The molecule has 172 valence electrons. The van der Waals surface area contributed by atoms with Gasteiger partial charge in [0.1, 0.15) is 10.6 Å². The minimum Gasteiger partial charge on any atom is -0.465 e. The smallest absolute Gasteiger partial charge is 0.337 e. The van der Waals surface area contributed by atoms with Crippen molar-refractivity contribution in [2.75, 3.05) is 17.7 Å². The molecular weight excluding hydrogens is 480 g/mol. The van der Waals surface area contributed by atoms with Crippen molar-refractivity contribution in [1.82, 2.24) is 9.38 Å². The number of ether oxygens (including phenoxy) is 1. The van der Waals surface area contributed by atoms with Gasteiger partial charge in [-0.1, -0.05) is 22.9 Å². The lowest BCUT2D eigenvalue weighted by molar-refractivity contribution is 0.0600. The zero-order valence-electron chi connectivity index (χ0n) is 17.9. The lowest BCUT2D eigenvalue weighted by Gasteiger charge is -2.08. The fraction of sp³-hybridized carbons (Fsp3) is 0.0870. The molecule has 0 saturated heterocycles. The number of halogens is 1. The van der Waals surface area contributed by atoms with E-state index in [0.29, 0.717) is 27.7 Å². The maximum atomic E-state index is 13.2. The molecule has 0 aliphatic heterocycles. The highest BCUT2D eigenvalue weighted by Crippen LogP contribution is 2.24. The minimum absolute atomic E-state index is 0.00120. The van der Waals surface area contributed by atoms with Gasteiger partial charge < -0.3 is 15.4 Å². The number of rotatable bonds is 5. The molecule has 0 bridgehead atoms. The number of nitrogens with one attached hydrogen (secondary N) is 2. The molecule has 0 unspecified atom stereocenters. The highest BCUT2D eigenvalue weighted by Gasteiger charge is 2.26. The second-order valence-electron chi connectivity index (χ2n) is 7.12. The summed E-state index contributed by atoms with van der Waals surface area (Å²) in [6.07, 6.45) is 0. The van der Waals surface area contributed by atoms with Crippen molar-refractivity contribution in [3.8, 4) is 0 Å². The molecule has 2 heterocycles. The highest BCUT2D eigenvalue weighted by atomic mass is 35.5. The summed E-state index contributed by atoms with van der Waals surface area (Å²) < 4.78 is 5.77. The number of carbonyl (C=O) groups excluding carboxylic acids is 3. The van der Waals surface area contributed by atoms with Crippen LogP contribution in [0.25, 0.3) is 4.96 Å². The Morgan fingerprint density at radius 3 is 2.18 bits per heavy atom. The number of nitrogens with zero attached hydrogens (tertiary/aromatic N) is 2. The molecule has 9 nitrogen and oxygen atoms in total. The number of anilines is 2. The zero-order valence-corrected chi connectivity index (χ0v) is 19.5. The van der Waals surface area contributed by atoms with Crippen LogP contribution >= 0.6 is 22.9 Å². The zero-order chi connectivity index (χ0) is 24.4. The molecule has 2 aromatic heterocycles. The van der Waals surface area contributed by atoms with Crippen LogP contribution < -0.4 is 16.2 Å². The summed E-state index contributed by atoms with van der Waals surface area (Å²) in [7, 11) is 1.27. The molecule has 11 heteroatoms. The number of hydrogen-bond donors (Lipinski definition) is 2. The average molecular weight is 497 g/mol. The Kier molecular flexibility index (Phi) is 6.44. The Morgan fingerprint density at radius 2 is 1.56 bits per heavy atom. The van der Waals surface area contributed by atoms with E-state index in [1.54, 1.807) is 31.2 Å². The molecule has 0 aliphatic rings. The van der Waals surface area contributed by atoms with Gasteiger partial charge in [-0.15, -0.1) is 0 Å². The van der Waals surface area contributed by atoms with Gasteiger partial charge in [0.25, 0.3) is 17.4 Å². The summed E-state index contributed by atoms with van der Waals surface area (Å²) in [4.78, 5) is 55.2. The molecule has 0 fully saturated rings. The van der Waals surface area contributed by atoms with Crippen LogP contribution in [0.5, 0.6) is 0 Å².